The lowest BCUT2D eigenvalue weighted by Crippen LogP contribution is -2.31. The Morgan fingerprint density at radius 1 is 1.27 bits per heavy atom. The van der Waals surface area contributed by atoms with Gasteiger partial charge in [0.2, 0.25) is 11.8 Å². The van der Waals surface area contributed by atoms with Crippen molar-refractivity contribution in [3.05, 3.63) is 35.4 Å². The maximum absolute atomic E-state index is 12.1. The molecule has 0 saturated carbocycles. The lowest BCUT2D eigenvalue weighted by atomic mass is 9.97. The molecule has 1 unspecified atom stereocenters. The molecule has 0 spiro atoms. The van der Waals surface area contributed by atoms with Crippen LogP contribution in [-0.2, 0) is 16.0 Å². The topological polar surface area (TPSA) is 49.4 Å². The zero-order chi connectivity index (χ0) is 15.4. The Hall–Kier alpha value is -1.84. The first kappa shape index (κ1) is 15.1. The molecule has 2 amide bonds. The highest BCUT2D eigenvalue weighted by Crippen LogP contribution is 2.34. The van der Waals surface area contributed by atoms with E-state index in [0.29, 0.717) is 25.3 Å². The van der Waals surface area contributed by atoms with Crippen LogP contribution in [0.25, 0.3) is 0 Å². The molecule has 4 nitrogen and oxygen atoms in total. The molecule has 22 heavy (non-hydrogen) atoms. The van der Waals surface area contributed by atoms with E-state index in [9.17, 15) is 9.59 Å². The second kappa shape index (κ2) is 6.95. The van der Waals surface area contributed by atoms with Crippen LogP contribution in [0.3, 0.4) is 0 Å². The van der Waals surface area contributed by atoms with E-state index < -0.39 is 0 Å². The minimum atomic E-state index is 0.134. The van der Waals surface area contributed by atoms with Gasteiger partial charge in [0, 0.05) is 32.5 Å². The van der Waals surface area contributed by atoms with Gasteiger partial charge in [-0.2, -0.15) is 0 Å². The van der Waals surface area contributed by atoms with Gasteiger partial charge in [0.25, 0.3) is 0 Å². The second-order valence-corrected chi connectivity index (χ2v) is 6.33. The molecule has 1 saturated heterocycles. The molecule has 1 aromatic rings. The summed E-state index contributed by atoms with van der Waals surface area (Å²) < 4.78 is 0. The molecule has 2 aliphatic rings. The number of likely N-dealkylation sites (tertiary alicyclic amines) is 1. The number of benzene rings is 1. The molecule has 0 radical (unpaired) electrons. The van der Waals surface area contributed by atoms with Crippen molar-refractivity contribution in [3.63, 3.8) is 0 Å². The third-order valence-electron chi connectivity index (χ3n) is 4.79. The van der Waals surface area contributed by atoms with Crippen LogP contribution in [0.2, 0.25) is 0 Å². The van der Waals surface area contributed by atoms with E-state index in [0.717, 1.165) is 38.8 Å². The van der Waals surface area contributed by atoms with Crippen LogP contribution >= 0.6 is 0 Å². The molecule has 1 aliphatic heterocycles. The quantitative estimate of drug-likeness (QED) is 0.819. The van der Waals surface area contributed by atoms with Crippen molar-refractivity contribution in [2.45, 2.75) is 44.4 Å². The summed E-state index contributed by atoms with van der Waals surface area (Å²) in [6.45, 7) is 2.31. The van der Waals surface area contributed by atoms with E-state index in [-0.39, 0.29) is 11.8 Å². The Balaban J connectivity index is 1.37. The van der Waals surface area contributed by atoms with Crippen molar-refractivity contribution in [2.24, 2.45) is 0 Å². The van der Waals surface area contributed by atoms with Crippen LogP contribution in [0.4, 0.5) is 0 Å². The minimum Gasteiger partial charge on any atom is -0.356 e. The van der Waals surface area contributed by atoms with Gasteiger partial charge >= 0.3 is 0 Å². The number of nitrogens with zero attached hydrogens (tertiary/aromatic N) is 1. The molecular formula is C18H24N2O2. The smallest absolute Gasteiger partial charge is 0.222 e. The lowest BCUT2D eigenvalue weighted by Gasteiger charge is -2.16. The summed E-state index contributed by atoms with van der Waals surface area (Å²) in [5.74, 6) is 0.764. The molecule has 1 aromatic carbocycles. The van der Waals surface area contributed by atoms with Crippen molar-refractivity contribution in [2.75, 3.05) is 19.6 Å². The molecule has 0 bridgehead atoms. The SMILES string of the molecule is O=C(CC1CCc2ccccc21)NCCCN1CCCC1=O. The Morgan fingerprint density at radius 3 is 2.95 bits per heavy atom. The summed E-state index contributed by atoms with van der Waals surface area (Å²) in [5, 5.41) is 3.00. The van der Waals surface area contributed by atoms with Crippen molar-refractivity contribution >= 4 is 11.8 Å². The number of carbonyl (C=O) groups is 2. The fourth-order valence-electron chi connectivity index (χ4n) is 3.59. The van der Waals surface area contributed by atoms with E-state index in [1.165, 1.54) is 11.1 Å². The molecule has 1 heterocycles. The average Bonchev–Trinajstić information content (AvgIpc) is 3.11. The molecule has 1 atom stereocenters. The van der Waals surface area contributed by atoms with Crippen LogP contribution in [-0.4, -0.2) is 36.3 Å². The van der Waals surface area contributed by atoms with Gasteiger partial charge in [-0.15, -0.1) is 0 Å². The number of fused-ring (bicyclic) bond motifs is 1. The molecule has 1 N–H and O–H groups in total. The van der Waals surface area contributed by atoms with Crippen LogP contribution < -0.4 is 5.32 Å². The molecule has 118 valence electrons. The normalized spacial score (nSPS) is 20.3. The molecule has 4 heteroatoms. The van der Waals surface area contributed by atoms with E-state index >= 15 is 0 Å². The van der Waals surface area contributed by atoms with Gasteiger partial charge in [0.05, 0.1) is 0 Å². The van der Waals surface area contributed by atoms with Gasteiger partial charge in [-0.25, -0.2) is 0 Å². The first-order valence-electron chi connectivity index (χ1n) is 8.36. The highest BCUT2D eigenvalue weighted by Gasteiger charge is 2.24. The maximum atomic E-state index is 12.1. The predicted molar refractivity (Wildman–Crippen MR) is 85.6 cm³/mol. The van der Waals surface area contributed by atoms with Gasteiger partial charge < -0.3 is 10.2 Å². The summed E-state index contributed by atoms with van der Waals surface area (Å²) in [6, 6.07) is 8.45. The number of nitrogens with one attached hydrogen (secondary N) is 1. The van der Waals surface area contributed by atoms with Crippen molar-refractivity contribution in [1.29, 1.82) is 0 Å². The van der Waals surface area contributed by atoms with Gasteiger partial charge in [-0.1, -0.05) is 24.3 Å². The van der Waals surface area contributed by atoms with E-state index in [1.807, 2.05) is 4.90 Å². The lowest BCUT2D eigenvalue weighted by molar-refractivity contribution is -0.127. The van der Waals surface area contributed by atoms with Crippen LogP contribution in [0.5, 0.6) is 0 Å². The molecule has 0 aromatic heterocycles. The molecule has 1 aliphatic carbocycles. The Kier molecular flexibility index (Phi) is 4.76. The van der Waals surface area contributed by atoms with Gasteiger partial charge in [-0.3, -0.25) is 9.59 Å². The second-order valence-electron chi connectivity index (χ2n) is 6.33. The first-order chi connectivity index (χ1) is 10.7. The number of carbonyl (C=O) groups excluding carboxylic acids is 2. The van der Waals surface area contributed by atoms with Crippen molar-refractivity contribution in [3.8, 4) is 0 Å². The molecule has 1 fully saturated rings. The Bertz CT molecular complexity index is 556. The average molecular weight is 300 g/mol. The van der Waals surface area contributed by atoms with Gasteiger partial charge in [-0.05, 0) is 42.7 Å². The van der Waals surface area contributed by atoms with Crippen LogP contribution in [0.1, 0.15) is 49.1 Å². The van der Waals surface area contributed by atoms with Gasteiger partial charge in [0.15, 0.2) is 0 Å². The fraction of sp³-hybridized carbons (Fsp3) is 0.556. The van der Waals surface area contributed by atoms with E-state index in [4.69, 9.17) is 0 Å². The highest BCUT2D eigenvalue weighted by molar-refractivity contribution is 5.78. The van der Waals surface area contributed by atoms with E-state index in [1.54, 1.807) is 0 Å². The number of rotatable bonds is 6. The number of amides is 2. The van der Waals surface area contributed by atoms with Crippen molar-refractivity contribution < 1.29 is 9.59 Å². The minimum absolute atomic E-state index is 0.134. The third kappa shape index (κ3) is 3.49. The number of hydrogen-bond donors (Lipinski definition) is 1. The zero-order valence-electron chi connectivity index (χ0n) is 13.0. The summed E-state index contributed by atoms with van der Waals surface area (Å²) in [7, 11) is 0. The third-order valence-corrected chi connectivity index (χ3v) is 4.79. The van der Waals surface area contributed by atoms with Crippen LogP contribution in [0, 0.1) is 0 Å². The van der Waals surface area contributed by atoms with E-state index in [2.05, 4.69) is 29.6 Å². The van der Waals surface area contributed by atoms with Gasteiger partial charge in [0.1, 0.15) is 0 Å². The van der Waals surface area contributed by atoms with Crippen molar-refractivity contribution in [1.82, 2.24) is 10.2 Å². The Morgan fingerprint density at radius 2 is 2.14 bits per heavy atom. The number of aryl methyl sites for hydroxylation is 1. The molecule has 3 rings (SSSR count). The van der Waals surface area contributed by atoms with Crippen LogP contribution in [0.15, 0.2) is 24.3 Å². The Labute approximate surface area is 131 Å². The summed E-state index contributed by atoms with van der Waals surface area (Å²) >= 11 is 0. The zero-order valence-corrected chi connectivity index (χ0v) is 13.0. The summed E-state index contributed by atoms with van der Waals surface area (Å²) in [5.41, 5.74) is 2.74. The number of hydrogen-bond acceptors (Lipinski definition) is 2. The summed E-state index contributed by atoms with van der Waals surface area (Å²) in [4.78, 5) is 25.5. The first-order valence-corrected chi connectivity index (χ1v) is 8.36. The largest absolute Gasteiger partial charge is 0.356 e. The monoisotopic (exact) mass is 300 g/mol. The highest BCUT2D eigenvalue weighted by atomic mass is 16.2. The predicted octanol–water partition coefficient (Wildman–Crippen LogP) is 2.24. The molecular weight excluding hydrogens is 276 g/mol. The fourth-order valence-corrected chi connectivity index (χ4v) is 3.59. The maximum Gasteiger partial charge on any atom is 0.222 e. The summed E-state index contributed by atoms with van der Waals surface area (Å²) in [6.07, 6.45) is 5.26. The standard InChI is InChI=1S/C18H24N2O2/c21-17(19-10-4-12-20-11-3-7-18(20)22)13-15-9-8-14-5-1-2-6-16(14)15/h1-2,5-6,15H,3-4,7-13H2,(H,19,21).